The maximum atomic E-state index is 11.5. The molecular formula is C18H29N3O2S. The lowest BCUT2D eigenvalue weighted by Crippen LogP contribution is -2.57. The zero-order chi connectivity index (χ0) is 16.9. The van der Waals surface area contributed by atoms with Crippen LogP contribution in [0, 0.1) is 0 Å². The van der Waals surface area contributed by atoms with Crippen molar-refractivity contribution in [1.29, 1.82) is 0 Å². The number of carbonyl (C=O) groups is 1. The number of thiophene rings is 1. The SMILES string of the molecule is CC(=O)N1CCC(N2CCN(Cc3cccs3)C(CCO)C2)CC1. The number of likely N-dealkylation sites (tertiary alicyclic amines) is 1. The van der Waals surface area contributed by atoms with Gasteiger partial charge in [-0.2, -0.15) is 0 Å². The van der Waals surface area contributed by atoms with Crippen LogP contribution in [-0.4, -0.2) is 77.1 Å². The van der Waals surface area contributed by atoms with Crippen LogP contribution in [0.1, 0.15) is 31.1 Å². The average Bonchev–Trinajstić information content (AvgIpc) is 3.10. The van der Waals surface area contributed by atoms with Crippen molar-refractivity contribution in [2.45, 2.75) is 44.8 Å². The van der Waals surface area contributed by atoms with Gasteiger partial charge < -0.3 is 10.0 Å². The molecule has 24 heavy (non-hydrogen) atoms. The second kappa shape index (κ2) is 8.43. The van der Waals surface area contributed by atoms with Crippen LogP contribution >= 0.6 is 11.3 Å². The number of amides is 1. The second-order valence-electron chi connectivity index (χ2n) is 6.95. The molecule has 0 saturated carbocycles. The molecule has 2 fully saturated rings. The molecule has 0 bridgehead atoms. The Morgan fingerprint density at radius 1 is 1.29 bits per heavy atom. The van der Waals surface area contributed by atoms with Gasteiger partial charge in [0.15, 0.2) is 0 Å². The molecule has 0 aliphatic carbocycles. The zero-order valence-electron chi connectivity index (χ0n) is 14.6. The number of piperazine rings is 1. The first-order valence-electron chi connectivity index (χ1n) is 9.04. The van der Waals surface area contributed by atoms with E-state index in [2.05, 4.69) is 27.3 Å². The molecule has 134 valence electrons. The minimum absolute atomic E-state index is 0.201. The number of aliphatic hydroxyl groups excluding tert-OH is 1. The van der Waals surface area contributed by atoms with Gasteiger partial charge in [-0.1, -0.05) is 6.07 Å². The Balaban J connectivity index is 1.55. The van der Waals surface area contributed by atoms with E-state index in [9.17, 15) is 9.90 Å². The van der Waals surface area contributed by atoms with E-state index >= 15 is 0 Å². The lowest BCUT2D eigenvalue weighted by molar-refractivity contribution is -0.130. The molecule has 1 aromatic heterocycles. The highest BCUT2D eigenvalue weighted by molar-refractivity contribution is 7.09. The van der Waals surface area contributed by atoms with Crippen LogP contribution < -0.4 is 0 Å². The smallest absolute Gasteiger partial charge is 0.219 e. The minimum Gasteiger partial charge on any atom is -0.396 e. The molecule has 0 spiro atoms. The fraction of sp³-hybridized carbons (Fsp3) is 0.722. The highest BCUT2D eigenvalue weighted by Gasteiger charge is 2.32. The number of rotatable bonds is 5. The van der Waals surface area contributed by atoms with Crippen LogP contribution in [0.5, 0.6) is 0 Å². The highest BCUT2D eigenvalue weighted by atomic mass is 32.1. The van der Waals surface area contributed by atoms with Crippen molar-refractivity contribution in [2.24, 2.45) is 0 Å². The molecule has 1 atom stereocenters. The van der Waals surface area contributed by atoms with Gasteiger partial charge in [0.05, 0.1) is 0 Å². The number of hydrogen-bond donors (Lipinski definition) is 1. The first kappa shape index (κ1) is 17.9. The summed E-state index contributed by atoms with van der Waals surface area (Å²) < 4.78 is 0. The van der Waals surface area contributed by atoms with Gasteiger partial charge in [-0.25, -0.2) is 0 Å². The number of carbonyl (C=O) groups excluding carboxylic acids is 1. The van der Waals surface area contributed by atoms with Gasteiger partial charge in [0.2, 0.25) is 5.91 Å². The molecule has 0 aromatic carbocycles. The Kier molecular flexibility index (Phi) is 6.27. The van der Waals surface area contributed by atoms with Crippen molar-refractivity contribution in [2.75, 3.05) is 39.3 Å². The minimum atomic E-state index is 0.201. The van der Waals surface area contributed by atoms with Gasteiger partial charge in [-0.15, -0.1) is 11.3 Å². The average molecular weight is 352 g/mol. The van der Waals surface area contributed by atoms with Gasteiger partial charge in [0.25, 0.3) is 0 Å². The summed E-state index contributed by atoms with van der Waals surface area (Å²) in [6.45, 7) is 7.90. The summed E-state index contributed by atoms with van der Waals surface area (Å²) in [6.07, 6.45) is 3.00. The summed E-state index contributed by atoms with van der Waals surface area (Å²) >= 11 is 1.81. The fourth-order valence-corrected chi connectivity index (χ4v) is 4.76. The Hall–Kier alpha value is -0.950. The Bertz CT molecular complexity index is 514. The molecule has 1 unspecified atom stereocenters. The molecule has 2 aliphatic rings. The summed E-state index contributed by atoms with van der Waals surface area (Å²) in [6, 6.07) is 5.33. The van der Waals surface area contributed by atoms with Crippen molar-refractivity contribution in [3.05, 3.63) is 22.4 Å². The summed E-state index contributed by atoms with van der Waals surface area (Å²) in [5.74, 6) is 0.201. The zero-order valence-corrected chi connectivity index (χ0v) is 15.4. The predicted molar refractivity (Wildman–Crippen MR) is 97.1 cm³/mol. The number of aliphatic hydroxyl groups is 1. The summed E-state index contributed by atoms with van der Waals surface area (Å²) in [4.78, 5) is 20.0. The maximum absolute atomic E-state index is 11.5. The van der Waals surface area contributed by atoms with E-state index in [0.29, 0.717) is 12.1 Å². The topological polar surface area (TPSA) is 47.0 Å². The fourth-order valence-electron chi connectivity index (χ4n) is 4.03. The second-order valence-corrected chi connectivity index (χ2v) is 7.98. The third-order valence-electron chi connectivity index (χ3n) is 5.46. The third-order valence-corrected chi connectivity index (χ3v) is 6.32. The quantitative estimate of drug-likeness (QED) is 0.876. The van der Waals surface area contributed by atoms with E-state index in [-0.39, 0.29) is 12.5 Å². The molecule has 5 nitrogen and oxygen atoms in total. The van der Waals surface area contributed by atoms with Crippen LogP contribution in [0.4, 0.5) is 0 Å². The van der Waals surface area contributed by atoms with Crippen molar-refractivity contribution >= 4 is 17.2 Å². The molecule has 0 radical (unpaired) electrons. The summed E-state index contributed by atoms with van der Waals surface area (Å²) in [5.41, 5.74) is 0. The molecule has 2 aliphatic heterocycles. The lowest BCUT2D eigenvalue weighted by atomic mass is 9.99. The number of nitrogens with zero attached hydrogens (tertiary/aromatic N) is 3. The lowest BCUT2D eigenvalue weighted by Gasteiger charge is -2.46. The van der Waals surface area contributed by atoms with Crippen molar-refractivity contribution in [3.8, 4) is 0 Å². The first-order chi connectivity index (χ1) is 11.7. The largest absolute Gasteiger partial charge is 0.396 e. The van der Waals surface area contributed by atoms with Gasteiger partial charge in [0.1, 0.15) is 0 Å². The Morgan fingerprint density at radius 3 is 2.71 bits per heavy atom. The van der Waals surface area contributed by atoms with Gasteiger partial charge >= 0.3 is 0 Å². The molecule has 1 amide bonds. The van der Waals surface area contributed by atoms with Crippen molar-refractivity contribution < 1.29 is 9.90 Å². The molecule has 3 rings (SSSR count). The van der Waals surface area contributed by atoms with Crippen molar-refractivity contribution in [1.82, 2.24) is 14.7 Å². The van der Waals surface area contributed by atoms with Crippen LogP contribution in [-0.2, 0) is 11.3 Å². The molecule has 6 heteroatoms. The number of hydrogen-bond acceptors (Lipinski definition) is 5. The van der Waals surface area contributed by atoms with E-state index in [1.165, 1.54) is 4.88 Å². The third kappa shape index (κ3) is 4.36. The van der Waals surface area contributed by atoms with E-state index < -0.39 is 0 Å². The van der Waals surface area contributed by atoms with Crippen LogP contribution in [0.15, 0.2) is 17.5 Å². The van der Waals surface area contributed by atoms with E-state index in [0.717, 1.165) is 58.5 Å². The van der Waals surface area contributed by atoms with Gasteiger partial charge in [0, 0.05) is 69.8 Å². The van der Waals surface area contributed by atoms with Crippen LogP contribution in [0.3, 0.4) is 0 Å². The molecule has 1 aromatic rings. The van der Waals surface area contributed by atoms with Crippen LogP contribution in [0.25, 0.3) is 0 Å². The molecule has 3 heterocycles. The highest BCUT2D eigenvalue weighted by Crippen LogP contribution is 2.24. The van der Waals surface area contributed by atoms with E-state index in [1.54, 1.807) is 6.92 Å². The van der Waals surface area contributed by atoms with E-state index in [1.807, 2.05) is 16.2 Å². The summed E-state index contributed by atoms with van der Waals surface area (Å²) in [5, 5.41) is 11.6. The first-order valence-corrected chi connectivity index (χ1v) is 9.92. The van der Waals surface area contributed by atoms with Crippen molar-refractivity contribution in [3.63, 3.8) is 0 Å². The molecule has 1 N–H and O–H groups in total. The molecule has 2 saturated heterocycles. The van der Waals surface area contributed by atoms with Gasteiger partial charge in [-0.05, 0) is 30.7 Å². The molecular weight excluding hydrogens is 322 g/mol. The van der Waals surface area contributed by atoms with E-state index in [4.69, 9.17) is 0 Å². The normalized spacial score (nSPS) is 24.4. The Morgan fingerprint density at radius 2 is 2.08 bits per heavy atom. The monoisotopic (exact) mass is 351 g/mol. The standard InChI is InChI=1S/C18H29N3O2S/c1-15(23)19-7-4-16(5-8-19)20-9-10-21(17(13-20)6-11-22)14-18-3-2-12-24-18/h2-3,12,16-17,22H,4-11,13-14H2,1H3. The Labute approximate surface area is 148 Å². The van der Waals surface area contributed by atoms with Crippen LogP contribution in [0.2, 0.25) is 0 Å². The van der Waals surface area contributed by atoms with Gasteiger partial charge in [-0.3, -0.25) is 14.6 Å². The number of piperidine rings is 1. The maximum Gasteiger partial charge on any atom is 0.219 e. The predicted octanol–water partition coefficient (Wildman–Crippen LogP) is 1.63. The summed E-state index contributed by atoms with van der Waals surface area (Å²) in [7, 11) is 0.